The summed E-state index contributed by atoms with van der Waals surface area (Å²) in [5.74, 6) is -1.11. The van der Waals surface area contributed by atoms with Crippen molar-refractivity contribution in [3.8, 4) is 0 Å². The number of aliphatic hydroxyl groups excluding tert-OH is 1. The molecule has 5 rings (SSSR count). The summed E-state index contributed by atoms with van der Waals surface area (Å²) in [5, 5.41) is 22.3. The van der Waals surface area contributed by atoms with Crippen LogP contribution in [0.3, 0.4) is 0 Å². The zero-order chi connectivity index (χ0) is 23.7. The van der Waals surface area contributed by atoms with E-state index < -0.39 is 17.7 Å². The number of aromatic nitrogens is 2. The molecule has 1 saturated heterocycles. The maximum atomic E-state index is 13.1. The second-order valence-electron chi connectivity index (χ2n) is 7.28. The standard InChI is InChI=1S/C24H16ClN3O3S3/c25-16-10-5-4-9-15(16)13-33-24-27-26-23(34-24)28-19(17-11-6-12-32-17)18(21(30)22(28)31)20(29)14-7-2-1-3-8-14/h1-12,19,29H,13H2/b20-18-. The van der Waals surface area contributed by atoms with E-state index in [1.54, 1.807) is 24.3 Å². The van der Waals surface area contributed by atoms with Crippen LogP contribution in [0.4, 0.5) is 5.13 Å². The van der Waals surface area contributed by atoms with Gasteiger partial charge in [-0.1, -0.05) is 89.3 Å². The van der Waals surface area contributed by atoms with Crippen LogP contribution in [0, 0.1) is 0 Å². The maximum absolute atomic E-state index is 13.1. The molecule has 3 heterocycles. The van der Waals surface area contributed by atoms with Crippen LogP contribution < -0.4 is 4.90 Å². The Bertz CT molecular complexity index is 1390. The molecule has 1 aliphatic rings. The van der Waals surface area contributed by atoms with Crippen LogP contribution >= 0.6 is 46.0 Å². The summed E-state index contributed by atoms with van der Waals surface area (Å²) in [6.45, 7) is 0. The Morgan fingerprint density at radius 1 is 1.03 bits per heavy atom. The van der Waals surface area contributed by atoms with Crippen LogP contribution in [0.25, 0.3) is 5.76 Å². The number of amides is 1. The van der Waals surface area contributed by atoms with Gasteiger partial charge in [0.05, 0.1) is 5.57 Å². The molecule has 2 aromatic heterocycles. The number of benzene rings is 2. The molecule has 1 unspecified atom stereocenters. The molecule has 1 N–H and O–H groups in total. The van der Waals surface area contributed by atoms with Gasteiger partial charge in [-0.25, -0.2) is 0 Å². The highest BCUT2D eigenvalue weighted by Gasteiger charge is 2.48. The van der Waals surface area contributed by atoms with Crippen molar-refractivity contribution in [3.63, 3.8) is 0 Å². The first-order valence-electron chi connectivity index (χ1n) is 10.1. The molecule has 0 bridgehead atoms. The van der Waals surface area contributed by atoms with Crippen LogP contribution in [0.1, 0.15) is 22.0 Å². The predicted molar refractivity (Wildman–Crippen MR) is 136 cm³/mol. The summed E-state index contributed by atoms with van der Waals surface area (Å²) in [7, 11) is 0. The highest BCUT2D eigenvalue weighted by molar-refractivity contribution is 8.00. The molecule has 34 heavy (non-hydrogen) atoms. The Labute approximate surface area is 212 Å². The number of aliphatic hydroxyl groups is 1. The molecule has 0 saturated carbocycles. The lowest BCUT2D eigenvalue weighted by Crippen LogP contribution is -2.29. The molecule has 0 radical (unpaired) electrons. The summed E-state index contributed by atoms with van der Waals surface area (Å²) in [6, 6.07) is 19.2. The van der Waals surface area contributed by atoms with Gasteiger partial charge in [0.15, 0.2) is 4.34 Å². The van der Waals surface area contributed by atoms with Gasteiger partial charge in [-0.2, -0.15) is 0 Å². The number of hydrogen-bond donors (Lipinski definition) is 1. The Morgan fingerprint density at radius 3 is 2.53 bits per heavy atom. The van der Waals surface area contributed by atoms with Gasteiger partial charge in [-0.3, -0.25) is 14.5 Å². The molecule has 0 aliphatic carbocycles. The molecule has 6 nitrogen and oxygen atoms in total. The highest BCUT2D eigenvalue weighted by atomic mass is 35.5. The molecule has 1 amide bonds. The first-order chi connectivity index (χ1) is 16.5. The predicted octanol–water partition coefficient (Wildman–Crippen LogP) is 6.17. The third kappa shape index (κ3) is 4.27. The van der Waals surface area contributed by atoms with E-state index >= 15 is 0 Å². The molecule has 1 aliphatic heterocycles. The average Bonchev–Trinajstić information content (AvgIpc) is 3.60. The fourth-order valence-corrected chi connectivity index (χ4v) is 6.59. The summed E-state index contributed by atoms with van der Waals surface area (Å²) in [4.78, 5) is 28.3. The van der Waals surface area contributed by atoms with E-state index in [0.29, 0.717) is 25.8 Å². The van der Waals surface area contributed by atoms with Gasteiger partial charge in [-0.15, -0.1) is 21.5 Å². The molecule has 0 spiro atoms. The largest absolute Gasteiger partial charge is 0.507 e. The summed E-state index contributed by atoms with van der Waals surface area (Å²) in [5.41, 5.74) is 1.47. The molecular weight excluding hydrogens is 510 g/mol. The van der Waals surface area contributed by atoms with E-state index in [1.165, 1.54) is 39.3 Å². The lowest BCUT2D eigenvalue weighted by molar-refractivity contribution is -0.132. The highest BCUT2D eigenvalue weighted by Crippen LogP contribution is 2.45. The Morgan fingerprint density at radius 2 is 1.79 bits per heavy atom. The second-order valence-corrected chi connectivity index (χ2v) is 10.8. The van der Waals surface area contributed by atoms with E-state index in [2.05, 4.69) is 10.2 Å². The van der Waals surface area contributed by atoms with E-state index in [9.17, 15) is 14.7 Å². The Balaban J connectivity index is 1.50. The topological polar surface area (TPSA) is 83.4 Å². The zero-order valence-electron chi connectivity index (χ0n) is 17.4. The minimum absolute atomic E-state index is 0.0409. The number of nitrogens with zero attached hydrogens (tertiary/aromatic N) is 3. The van der Waals surface area contributed by atoms with Crippen LogP contribution in [0.15, 0.2) is 82.0 Å². The number of carbonyl (C=O) groups is 2. The number of rotatable bonds is 6. The lowest BCUT2D eigenvalue weighted by atomic mass is 10.00. The number of carbonyl (C=O) groups excluding carboxylic acids is 2. The summed E-state index contributed by atoms with van der Waals surface area (Å²) in [6.07, 6.45) is 0. The fourth-order valence-electron chi connectivity index (χ4n) is 3.61. The number of hydrogen-bond acceptors (Lipinski definition) is 8. The molecule has 170 valence electrons. The fraction of sp³-hybridized carbons (Fsp3) is 0.0833. The normalized spacial score (nSPS) is 17.4. The van der Waals surface area contributed by atoms with Crippen LogP contribution in [0.2, 0.25) is 5.02 Å². The zero-order valence-corrected chi connectivity index (χ0v) is 20.6. The minimum Gasteiger partial charge on any atom is -0.507 e. The Kier molecular flexibility index (Phi) is 6.51. The quantitative estimate of drug-likeness (QED) is 0.106. The van der Waals surface area contributed by atoms with Gasteiger partial charge in [0.1, 0.15) is 11.8 Å². The van der Waals surface area contributed by atoms with Crippen LogP contribution in [0.5, 0.6) is 0 Å². The average molecular weight is 526 g/mol. The van der Waals surface area contributed by atoms with Gasteiger partial charge in [0.2, 0.25) is 5.13 Å². The third-order valence-electron chi connectivity index (χ3n) is 5.22. The van der Waals surface area contributed by atoms with E-state index in [0.717, 1.165) is 10.4 Å². The number of thiophene rings is 1. The van der Waals surface area contributed by atoms with Crippen molar-refractivity contribution in [2.75, 3.05) is 4.90 Å². The smallest absolute Gasteiger partial charge is 0.301 e. The van der Waals surface area contributed by atoms with Crippen molar-refractivity contribution in [2.24, 2.45) is 0 Å². The van der Waals surface area contributed by atoms with Crippen molar-refractivity contribution in [3.05, 3.63) is 98.7 Å². The molecule has 2 aromatic carbocycles. The summed E-state index contributed by atoms with van der Waals surface area (Å²) < 4.78 is 0.643. The van der Waals surface area contributed by atoms with Gasteiger partial charge >= 0.3 is 5.91 Å². The first-order valence-corrected chi connectivity index (χ1v) is 13.2. The summed E-state index contributed by atoms with van der Waals surface area (Å²) >= 11 is 10.3. The van der Waals surface area contributed by atoms with Crippen molar-refractivity contribution in [2.45, 2.75) is 16.1 Å². The van der Waals surface area contributed by atoms with Gasteiger partial charge in [0, 0.05) is 21.2 Å². The molecule has 10 heteroatoms. The third-order valence-corrected chi connectivity index (χ3v) is 8.61. The van der Waals surface area contributed by atoms with Crippen molar-refractivity contribution in [1.82, 2.24) is 10.2 Å². The SMILES string of the molecule is O=C1C(=O)N(c2nnc(SCc3ccccc3Cl)s2)C(c2cccs2)/C1=C(/O)c1ccccc1. The monoisotopic (exact) mass is 525 g/mol. The van der Waals surface area contributed by atoms with Crippen molar-refractivity contribution < 1.29 is 14.7 Å². The number of ketones is 1. The first kappa shape index (κ1) is 22.8. The number of halogens is 1. The number of thioether (sulfide) groups is 1. The van der Waals surface area contributed by atoms with Crippen LogP contribution in [-0.4, -0.2) is 27.0 Å². The van der Waals surface area contributed by atoms with Gasteiger partial charge in [0.25, 0.3) is 5.78 Å². The molecule has 1 atom stereocenters. The van der Waals surface area contributed by atoms with Gasteiger partial charge in [-0.05, 0) is 23.1 Å². The second kappa shape index (κ2) is 9.71. The Hall–Kier alpha value is -2.98. The molecule has 4 aromatic rings. The maximum Gasteiger partial charge on any atom is 0.301 e. The minimum atomic E-state index is -0.783. The van der Waals surface area contributed by atoms with Crippen molar-refractivity contribution in [1.29, 1.82) is 0 Å². The number of anilines is 1. The van der Waals surface area contributed by atoms with Gasteiger partial charge < -0.3 is 5.11 Å². The van der Waals surface area contributed by atoms with Crippen LogP contribution in [-0.2, 0) is 15.3 Å². The van der Waals surface area contributed by atoms with E-state index in [-0.39, 0.29) is 11.3 Å². The van der Waals surface area contributed by atoms with Crippen molar-refractivity contribution >= 4 is 68.6 Å². The lowest BCUT2D eigenvalue weighted by Gasteiger charge is -2.20. The van der Waals surface area contributed by atoms with E-state index in [1.807, 2.05) is 47.8 Å². The molecule has 1 fully saturated rings. The molecular formula is C24H16ClN3O3S3. The number of Topliss-reactive ketones (excluding diaryl/α,β-unsaturated/α-hetero) is 1. The van der Waals surface area contributed by atoms with E-state index in [4.69, 9.17) is 11.6 Å².